The number of hydrogen-bond donors (Lipinski definition) is 1. The smallest absolute Gasteiger partial charge is 0.262 e. The van der Waals surface area contributed by atoms with E-state index in [4.69, 9.17) is 9.47 Å². The Morgan fingerprint density at radius 2 is 2.00 bits per heavy atom. The van der Waals surface area contributed by atoms with Crippen LogP contribution in [-0.4, -0.2) is 35.4 Å². The van der Waals surface area contributed by atoms with Crippen LogP contribution in [0, 0.1) is 0 Å². The molecule has 0 aliphatic rings. The van der Waals surface area contributed by atoms with E-state index in [0.717, 1.165) is 28.8 Å². The standard InChI is InChI=1S/C26H26N4O4S/c1-3-4-12-34-21-11-10-18(13-22(21)33-2)15-28-29-24(31)16-30-17-27-25-20(26(30)32)14-23(35-25)19-8-6-5-7-9-19/h5-11,13-15,17H,3-4,12,16H2,1-2H3,(H,29,31)/b28-15+. The van der Waals surface area contributed by atoms with Crippen LogP contribution in [0.5, 0.6) is 11.5 Å². The van der Waals surface area contributed by atoms with Gasteiger partial charge in [0.1, 0.15) is 11.4 Å². The minimum absolute atomic E-state index is 0.191. The Bertz CT molecular complexity index is 1400. The number of methoxy groups -OCH3 is 1. The van der Waals surface area contributed by atoms with E-state index in [1.54, 1.807) is 13.2 Å². The Hall–Kier alpha value is -3.98. The predicted octanol–water partition coefficient (Wildman–Crippen LogP) is 4.46. The van der Waals surface area contributed by atoms with Gasteiger partial charge in [0.15, 0.2) is 11.5 Å². The summed E-state index contributed by atoms with van der Waals surface area (Å²) in [5.41, 5.74) is 3.94. The van der Waals surface area contributed by atoms with Crippen molar-refractivity contribution in [1.82, 2.24) is 15.0 Å². The van der Waals surface area contributed by atoms with E-state index < -0.39 is 5.91 Å². The molecular weight excluding hydrogens is 464 g/mol. The maximum Gasteiger partial charge on any atom is 0.262 e. The van der Waals surface area contributed by atoms with Crippen molar-refractivity contribution in [2.24, 2.45) is 5.10 Å². The summed E-state index contributed by atoms with van der Waals surface area (Å²) in [6, 6.07) is 17.0. The van der Waals surface area contributed by atoms with Gasteiger partial charge in [-0.2, -0.15) is 5.10 Å². The van der Waals surface area contributed by atoms with Crippen molar-refractivity contribution in [2.75, 3.05) is 13.7 Å². The first-order valence-corrected chi connectivity index (χ1v) is 12.1. The highest BCUT2D eigenvalue weighted by atomic mass is 32.1. The summed E-state index contributed by atoms with van der Waals surface area (Å²) in [4.78, 5) is 31.2. The molecule has 0 saturated carbocycles. The molecule has 0 radical (unpaired) electrons. The van der Waals surface area contributed by atoms with Gasteiger partial charge in [-0.3, -0.25) is 14.2 Å². The van der Waals surface area contributed by atoms with Crippen LogP contribution >= 0.6 is 11.3 Å². The predicted molar refractivity (Wildman–Crippen MR) is 138 cm³/mol. The van der Waals surface area contributed by atoms with Crippen molar-refractivity contribution in [1.29, 1.82) is 0 Å². The van der Waals surface area contributed by atoms with Crippen molar-refractivity contribution >= 4 is 33.7 Å². The number of carbonyl (C=O) groups is 1. The zero-order valence-electron chi connectivity index (χ0n) is 19.6. The second kappa shape index (κ2) is 11.4. The quantitative estimate of drug-likeness (QED) is 0.201. The highest BCUT2D eigenvalue weighted by Crippen LogP contribution is 2.30. The van der Waals surface area contributed by atoms with Gasteiger partial charge < -0.3 is 9.47 Å². The molecule has 9 heteroatoms. The number of fused-ring (bicyclic) bond motifs is 1. The molecule has 4 aromatic rings. The Morgan fingerprint density at radius 3 is 2.77 bits per heavy atom. The van der Waals surface area contributed by atoms with Crippen molar-refractivity contribution < 1.29 is 14.3 Å². The third-order valence-electron chi connectivity index (χ3n) is 5.24. The summed E-state index contributed by atoms with van der Waals surface area (Å²) >= 11 is 1.45. The zero-order chi connectivity index (χ0) is 24.6. The average Bonchev–Trinajstić information content (AvgIpc) is 3.32. The molecule has 2 aromatic carbocycles. The number of benzene rings is 2. The van der Waals surface area contributed by atoms with Gasteiger partial charge in [0, 0.05) is 4.88 Å². The minimum Gasteiger partial charge on any atom is -0.493 e. The lowest BCUT2D eigenvalue weighted by Gasteiger charge is -2.10. The molecule has 0 aliphatic carbocycles. The van der Waals surface area contributed by atoms with Gasteiger partial charge in [-0.1, -0.05) is 43.7 Å². The Kier molecular flexibility index (Phi) is 7.89. The molecule has 0 unspecified atom stereocenters. The summed E-state index contributed by atoms with van der Waals surface area (Å²) in [6.07, 6.45) is 4.90. The molecule has 8 nitrogen and oxygen atoms in total. The van der Waals surface area contributed by atoms with Crippen LogP contribution in [-0.2, 0) is 11.3 Å². The lowest BCUT2D eigenvalue weighted by Crippen LogP contribution is -2.29. The first kappa shape index (κ1) is 24.2. The maximum absolute atomic E-state index is 12.9. The third-order valence-corrected chi connectivity index (χ3v) is 6.33. The Morgan fingerprint density at radius 1 is 1.17 bits per heavy atom. The van der Waals surface area contributed by atoms with Crippen molar-refractivity contribution in [2.45, 2.75) is 26.3 Å². The minimum atomic E-state index is -0.436. The molecule has 2 aromatic heterocycles. The summed E-state index contributed by atoms with van der Waals surface area (Å²) < 4.78 is 12.4. The SMILES string of the molecule is CCCCOc1ccc(/C=N/NC(=O)Cn2cnc3sc(-c4ccccc4)cc3c2=O)cc1OC. The molecule has 1 N–H and O–H groups in total. The zero-order valence-corrected chi connectivity index (χ0v) is 20.4. The topological polar surface area (TPSA) is 94.8 Å². The molecule has 0 saturated heterocycles. The number of thiophene rings is 1. The fourth-order valence-electron chi connectivity index (χ4n) is 3.40. The largest absolute Gasteiger partial charge is 0.493 e. The Balaban J connectivity index is 1.41. The molecular formula is C26H26N4O4S. The molecule has 4 rings (SSSR count). The van der Waals surface area contributed by atoms with E-state index in [-0.39, 0.29) is 12.1 Å². The number of unbranched alkanes of at least 4 members (excludes halogenated alkanes) is 1. The molecule has 1 amide bonds. The number of nitrogens with zero attached hydrogens (tertiary/aromatic N) is 3. The van der Waals surface area contributed by atoms with E-state index in [2.05, 4.69) is 22.4 Å². The van der Waals surface area contributed by atoms with Gasteiger partial charge in [0.05, 0.1) is 31.6 Å². The normalized spacial score (nSPS) is 11.1. The van der Waals surface area contributed by atoms with E-state index in [9.17, 15) is 9.59 Å². The second-order valence-corrected chi connectivity index (χ2v) is 8.81. The fraction of sp³-hybridized carbons (Fsp3) is 0.231. The van der Waals surface area contributed by atoms with Gasteiger partial charge in [0.2, 0.25) is 0 Å². The number of aromatic nitrogens is 2. The lowest BCUT2D eigenvalue weighted by molar-refractivity contribution is -0.121. The average molecular weight is 491 g/mol. The van der Waals surface area contributed by atoms with E-state index >= 15 is 0 Å². The molecule has 0 aliphatic heterocycles. The molecule has 180 valence electrons. The second-order valence-electron chi connectivity index (χ2n) is 7.78. The number of rotatable bonds is 10. The van der Waals surface area contributed by atoms with Crippen molar-refractivity contribution in [3.8, 4) is 21.9 Å². The molecule has 0 atom stereocenters. The molecule has 0 bridgehead atoms. The molecule has 0 spiro atoms. The lowest BCUT2D eigenvalue weighted by atomic mass is 10.2. The number of nitrogens with one attached hydrogen (secondary N) is 1. The number of carbonyl (C=O) groups excluding carboxylic acids is 1. The first-order valence-electron chi connectivity index (χ1n) is 11.3. The van der Waals surface area contributed by atoms with E-state index in [1.807, 2.05) is 48.5 Å². The van der Waals surface area contributed by atoms with Crippen molar-refractivity contribution in [3.05, 3.63) is 76.8 Å². The monoisotopic (exact) mass is 490 g/mol. The van der Waals surface area contributed by atoms with Crippen LogP contribution in [0.15, 0.2) is 70.8 Å². The highest BCUT2D eigenvalue weighted by molar-refractivity contribution is 7.21. The first-order chi connectivity index (χ1) is 17.1. The van der Waals surface area contributed by atoms with Crippen LogP contribution in [0.3, 0.4) is 0 Å². The fourth-order valence-corrected chi connectivity index (χ4v) is 4.39. The molecule has 0 fully saturated rings. The van der Waals surface area contributed by atoms with Crippen LogP contribution in [0.25, 0.3) is 20.7 Å². The van der Waals surface area contributed by atoms with Gasteiger partial charge >= 0.3 is 0 Å². The van der Waals surface area contributed by atoms with Crippen LogP contribution in [0.1, 0.15) is 25.3 Å². The number of hydrazone groups is 1. The summed E-state index contributed by atoms with van der Waals surface area (Å²) in [5, 5.41) is 4.49. The van der Waals surface area contributed by atoms with Gasteiger partial charge in [0.25, 0.3) is 11.5 Å². The van der Waals surface area contributed by atoms with Gasteiger partial charge in [-0.15, -0.1) is 11.3 Å². The van der Waals surface area contributed by atoms with Crippen LogP contribution in [0.2, 0.25) is 0 Å². The molecule has 2 heterocycles. The molecule has 35 heavy (non-hydrogen) atoms. The number of amides is 1. The van der Waals surface area contributed by atoms with Crippen LogP contribution in [0.4, 0.5) is 0 Å². The third kappa shape index (κ3) is 5.93. The Labute approximate surface area is 206 Å². The number of ether oxygens (including phenoxy) is 2. The van der Waals surface area contributed by atoms with Crippen molar-refractivity contribution in [3.63, 3.8) is 0 Å². The van der Waals surface area contributed by atoms with E-state index in [0.29, 0.717) is 28.3 Å². The maximum atomic E-state index is 12.9. The van der Waals surface area contributed by atoms with Gasteiger partial charge in [-0.05, 0) is 41.8 Å². The summed E-state index contributed by atoms with van der Waals surface area (Å²) in [5.74, 6) is 0.815. The number of hydrogen-bond acceptors (Lipinski definition) is 7. The van der Waals surface area contributed by atoms with Crippen LogP contribution < -0.4 is 20.5 Å². The summed E-state index contributed by atoms with van der Waals surface area (Å²) in [6.45, 7) is 2.53. The van der Waals surface area contributed by atoms with Gasteiger partial charge in [-0.25, -0.2) is 10.4 Å². The highest BCUT2D eigenvalue weighted by Gasteiger charge is 2.12. The van der Waals surface area contributed by atoms with E-state index in [1.165, 1.54) is 28.4 Å². The summed E-state index contributed by atoms with van der Waals surface area (Å²) in [7, 11) is 1.57.